The van der Waals surface area contributed by atoms with E-state index in [1.165, 1.54) is 5.56 Å². The molecule has 27 heavy (non-hydrogen) atoms. The van der Waals surface area contributed by atoms with E-state index in [1.807, 2.05) is 30.5 Å². The Balaban J connectivity index is 1.87. The first-order valence-corrected chi connectivity index (χ1v) is 10.6. The SMILES string of the molecule is CSC1=N[C@@]2(C[C@@H](c3ccccc3)c3cc(Cl)c(O)cc3O2)CC(C)(C)N1. The summed E-state index contributed by atoms with van der Waals surface area (Å²) in [5, 5.41) is 14.8. The van der Waals surface area contributed by atoms with Gasteiger partial charge < -0.3 is 15.2 Å². The number of ether oxygens (including phenoxy) is 1. The van der Waals surface area contributed by atoms with Gasteiger partial charge in [-0.2, -0.15) is 0 Å². The van der Waals surface area contributed by atoms with Crippen molar-refractivity contribution in [3.05, 3.63) is 58.6 Å². The van der Waals surface area contributed by atoms with Crippen molar-refractivity contribution in [3.8, 4) is 11.5 Å². The smallest absolute Gasteiger partial charge is 0.206 e. The molecule has 1 spiro atoms. The first kappa shape index (κ1) is 18.5. The summed E-state index contributed by atoms with van der Waals surface area (Å²) in [4.78, 5) is 4.95. The molecule has 2 N–H and O–H groups in total. The lowest BCUT2D eigenvalue weighted by Crippen LogP contribution is -2.56. The molecular weight excluding hydrogens is 380 g/mol. The minimum absolute atomic E-state index is 0.0292. The molecule has 0 saturated carbocycles. The minimum atomic E-state index is -0.680. The Hall–Kier alpha value is -1.85. The number of nitrogens with one attached hydrogen (secondary N) is 1. The van der Waals surface area contributed by atoms with Crippen LogP contribution in [0, 0.1) is 0 Å². The number of halogens is 1. The van der Waals surface area contributed by atoms with Crippen LogP contribution in [-0.4, -0.2) is 27.8 Å². The summed E-state index contributed by atoms with van der Waals surface area (Å²) in [6, 6.07) is 13.8. The van der Waals surface area contributed by atoms with Crippen molar-refractivity contribution in [3.63, 3.8) is 0 Å². The monoisotopic (exact) mass is 402 g/mol. The molecule has 6 heteroatoms. The average molecular weight is 403 g/mol. The van der Waals surface area contributed by atoms with Crippen molar-refractivity contribution in [2.45, 2.75) is 43.9 Å². The van der Waals surface area contributed by atoms with Crippen molar-refractivity contribution in [2.24, 2.45) is 4.99 Å². The lowest BCUT2D eigenvalue weighted by molar-refractivity contribution is 0.0134. The molecule has 0 fully saturated rings. The van der Waals surface area contributed by atoms with Gasteiger partial charge in [0, 0.05) is 35.9 Å². The fraction of sp³-hybridized carbons (Fsp3) is 0.381. The Labute approximate surface area is 169 Å². The number of rotatable bonds is 1. The maximum absolute atomic E-state index is 10.2. The van der Waals surface area contributed by atoms with Crippen LogP contribution in [0.2, 0.25) is 5.02 Å². The molecule has 0 unspecified atom stereocenters. The molecule has 0 radical (unpaired) electrons. The molecule has 4 rings (SSSR count). The maximum Gasteiger partial charge on any atom is 0.206 e. The largest absolute Gasteiger partial charge is 0.506 e. The molecule has 0 amide bonds. The summed E-state index contributed by atoms with van der Waals surface area (Å²) in [6.45, 7) is 4.32. The molecule has 142 valence electrons. The molecule has 2 aromatic rings. The van der Waals surface area contributed by atoms with E-state index < -0.39 is 5.72 Å². The van der Waals surface area contributed by atoms with Crippen LogP contribution in [0.1, 0.15) is 43.7 Å². The van der Waals surface area contributed by atoms with Gasteiger partial charge in [0.1, 0.15) is 11.5 Å². The molecule has 2 heterocycles. The third-order valence-electron chi connectivity index (χ3n) is 5.14. The van der Waals surface area contributed by atoms with E-state index in [4.69, 9.17) is 21.3 Å². The zero-order valence-electron chi connectivity index (χ0n) is 15.6. The van der Waals surface area contributed by atoms with Gasteiger partial charge in [-0.1, -0.05) is 53.7 Å². The predicted octanol–water partition coefficient (Wildman–Crippen LogP) is 5.15. The van der Waals surface area contributed by atoms with Crippen molar-refractivity contribution in [1.29, 1.82) is 0 Å². The lowest BCUT2D eigenvalue weighted by Gasteiger charge is -2.47. The quantitative estimate of drug-likeness (QED) is 0.692. The number of benzene rings is 2. The second-order valence-electron chi connectivity index (χ2n) is 7.86. The van der Waals surface area contributed by atoms with Gasteiger partial charge in [-0.15, -0.1) is 0 Å². The maximum atomic E-state index is 10.2. The number of fused-ring (bicyclic) bond motifs is 1. The van der Waals surface area contributed by atoms with Gasteiger partial charge in [-0.05, 0) is 31.7 Å². The number of phenolic OH excluding ortho intramolecular Hbond substituents is 1. The van der Waals surface area contributed by atoms with Gasteiger partial charge in [0.2, 0.25) is 5.72 Å². The van der Waals surface area contributed by atoms with Crippen LogP contribution in [0.15, 0.2) is 47.5 Å². The molecule has 0 aliphatic carbocycles. The molecule has 4 nitrogen and oxygen atoms in total. The summed E-state index contributed by atoms with van der Waals surface area (Å²) >= 11 is 7.81. The Morgan fingerprint density at radius 2 is 2.00 bits per heavy atom. The van der Waals surface area contributed by atoms with Crippen LogP contribution in [0.4, 0.5) is 0 Å². The number of aromatic hydroxyl groups is 1. The van der Waals surface area contributed by atoms with Gasteiger partial charge in [-0.3, -0.25) is 0 Å². The van der Waals surface area contributed by atoms with Gasteiger partial charge in [0.15, 0.2) is 5.17 Å². The van der Waals surface area contributed by atoms with Crippen LogP contribution in [0.25, 0.3) is 0 Å². The lowest BCUT2D eigenvalue weighted by atomic mass is 9.78. The Morgan fingerprint density at radius 3 is 2.70 bits per heavy atom. The van der Waals surface area contributed by atoms with Crippen LogP contribution in [-0.2, 0) is 0 Å². The molecule has 2 aliphatic rings. The molecule has 0 saturated heterocycles. The van der Waals surface area contributed by atoms with Gasteiger partial charge in [0.05, 0.1) is 5.02 Å². The molecule has 0 aromatic heterocycles. The minimum Gasteiger partial charge on any atom is -0.506 e. The third kappa shape index (κ3) is 3.50. The standard InChI is InChI=1S/C21H23ClN2O2S/c1-20(2)12-21(24-19(23-20)27-3)11-15(13-7-5-4-6-8-13)14-9-16(22)17(25)10-18(14)26-21/h4-10,15,25H,11-12H2,1-3H3,(H,23,24)/t15-,21+/m0/s1. The number of nitrogens with zero attached hydrogens (tertiary/aromatic N) is 1. The van der Waals surface area contributed by atoms with Crippen LogP contribution in [0.3, 0.4) is 0 Å². The van der Waals surface area contributed by atoms with E-state index in [-0.39, 0.29) is 17.2 Å². The van der Waals surface area contributed by atoms with Crippen molar-refractivity contribution >= 4 is 28.5 Å². The zero-order valence-corrected chi connectivity index (χ0v) is 17.2. The number of phenols is 1. The second-order valence-corrected chi connectivity index (χ2v) is 9.07. The highest BCUT2D eigenvalue weighted by molar-refractivity contribution is 8.13. The summed E-state index contributed by atoms with van der Waals surface area (Å²) in [6.07, 6.45) is 3.47. The van der Waals surface area contributed by atoms with E-state index in [9.17, 15) is 5.11 Å². The Morgan fingerprint density at radius 1 is 1.26 bits per heavy atom. The van der Waals surface area contributed by atoms with Gasteiger partial charge in [0.25, 0.3) is 0 Å². The third-order valence-corrected chi connectivity index (χ3v) is 6.02. The number of amidine groups is 1. The van der Waals surface area contributed by atoms with Crippen LogP contribution >= 0.6 is 23.4 Å². The van der Waals surface area contributed by atoms with E-state index >= 15 is 0 Å². The number of aliphatic imine (C=N–C) groups is 1. The van der Waals surface area contributed by atoms with Crippen LogP contribution < -0.4 is 10.1 Å². The summed E-state index contributed by atoms with van der Waals surface area (Å²) in [5.41, 5.74) is 1.36. The van der Waals surface area contributed by atoms with E-state index in [0.29, 0.717) is 10.8 Å². The average Bonchev–Trinajstić information content (AvgIpc) is 2.62. The predicted molar refractivity (Wildman–Crippen MR) is 112 cm³/mol. The first-order chi connectivity index (χ1) is 12.8. The number of hydrogen-bond acceptors (Lipinski definition) is 5. The van der Waals surface area contributed by atoms with E-state index in [0.717, 1.165) is 23.6 Å². The highest BCUT2D eigenvalue weighted by atomic mass is 35.5. The first-order valence-electron chi connectivity index (χ1n) is 8.99. The summed E-state index contributed by atoms with van der Waals surface area (Å²) in [7, 11) is 0. The van der Waals surface area contributed by atoms with Crippen molar-refractivity contribution < 1.29 is 9.84 Å². The molecule has 2 aromatic carbocycles. The Bertz CT molecular complexity index is 901. The topological polar surface area (TPSA) is 53.9 Å². The molecule has 2 aliphatic heterocycles. The molecular formula is C21H23ClN2O2S. The van der Waals surface area contributed by atoms with E-state index in [2.05, 4.69) is 31.3 Å². The molecule has 2 atom stereocenters. The van der Waals surface area contributed by atoms with Gasteiger partial charge >= 0.3 is 0 Å². The van der Waals surface area contributed by atoms with Crippen molar-refractivity contribution in [1.82, 2.24) is 5.32 Å². The van der Waals surface area contributed by atoms with Crippen LogP contribution in [0.5, 0.6) is 11.5 Å². The number of hydrogen-bond donors (Lipinski definition) is 2. The summed E-state index contributed by atoms with van der Waals surface area (Å²) < 4.78 is 6.46. The normalized spacial score (nSPS) is 25.9. The van der Waals surface area contributed by atoms with Gasteiger partial charge in [-0.25, -0.2) is 4.99 Å². The zero-order chi connectivity index (χ0) is 19.2. The second kappa shape index (κ2) is 6.64. The number of thioether (sulfide) groups is 1. The molecule has 0 bridgehead atoms. The fourth-order valence-corrected chi connectivity index (χ4v) is 4.94. The van der Waals surface area contributed by atoms with Crippen molar-refractivity contribution in [2.75, 3.05) is 6.26 Å². The van der Waals surface area contributed by atoms with E-state index in [1.54, 1.807) is 17.8 Å². The fourth-order valence-electron chi connectivity index (χ4n) is 4.13. The highest BCUT2D eigenvalue weighted by Crippen LogP contribution is 2.50. The summed E-state index contributed by atoms with van der Waals surface area (Å²) in [5.74, 6) is 0.772. The Kier molecular flexibility index (Phi) is 4.55. The highest BCUT2D eigenvalue weighted by Gasteiger charge is 2.48.